The first-order chi connectivity index (χ1) is 9.47. The lowest BCUT2D eigenvalue weighted by molar-refractivity contribution is -0.159. The topological polar surface area (TPSA) is 54.0 Å². The molecule has 0 aromatic rings. The van der Waals surface area contributed by atoms with E-state index in [1.165, 1.54) is 0 Å². The number of carbonyl (C=O) groups is 1. The number of ether oxygens (including phenoxy) is 4. The van der Waals surface area contributed by atoms with Gasteiger partial charge in [-0.1, -0.05) is 12.2 Å². The van der Waals surface area contributed by atoms with Crippen molar-refractivity contribution in [2.24, 2.45) is 0 Å². The first-order valence-corrected chi connectivity index (χ1v) is 7.15. The second kappa shape index (κ2) is 9.10. The Hall–Kier alpha value is -0.910. The predicted octanol–water partition coefficient (Wildman–Crippen LogP) is 2.44. The minimum absolute atomic E-state index is 0.0335. The second-order valence-electron chi connectivity index (χ2n) is 5.70. The van der Waals surface area contributed by atoms with Crippen LogP contribution in [0.3, 0.4) is 0 Å². The average Bonchev–Trinajstić information content (AvgIpc) is 2.37. The maximum Gasteiger partial charge on any atom is 0.332 e. The fourth-order valence-electron chi connectivity index (χ4n) is 1.72. The van der Waals surface area contributed by atoms with Crippen LogP contribution >= 0.6 is 0 Å². The van der Waals surface area contributed by atoms with Gasteiger partial charge in [0.1, 0.15) is 12.2 Å². The van der Waals surface area contributed by atoms with Crippen molar-refractivity contribution in [1.29, 1.82) is 0 Å². The van der Waals surface area contributed by atoms with E-state index in [2.05, 4.69) is 0 Å². The quantitative estimate of drug-likeness (QED) is 0.409. The van der Waals surface area contributed by atoms with Crippen LogP contribution in [0.2, 0.25) is 0 Å². The van der Waals surface area contributed by atoms with Crippen LogP contribution in [0.25, 0.3) is 0 Å². The lowest BCUT2D eigenvalue weighted by Gasteiger charge is -2.21. The minimum atomic E-state index is -0.468. The fraction of sp³-hybridized carbons (Fsp3) is 0.800. The summed E-state index contributed by atoms with van der Waals surface area (Å²) in [7, 11) is 0. The molecule has 20 heavy (non-hydrogen) atoms. The molecule has 1 unspecified atom stereocenters. The van der Waals surface area contributed by atoms with E-state index in [0.717, 1.165) is 25.9 Å². The molecule has 1 saturated heterocycles. The molecule has 5 nitrogen and oxygen atoms in total. The second-order valence-corrected chi connectivity index (χ2v) is 5.70. The van der Waals surface area contributed by atoms with Crippen molar-refractivity contribution in [1.82, 2.24) is 0 Å². The minimum Gasteiger partial charge on any atom is -0.458 e. The first-order valence-electron chi connectivity index (χ1n) is 7.15. The number of rotatable bonds is 7. The van der Waals surface area contributed by atoms with Crippen molar-refractivity contribution >= 4 is 5.97 Å². The Morgan fingerprint density at radius 1 is 1.25 bits per heavy atom. The fourth-order valence-corrected chi connectivity index (χ4v) is 1.72. The van der Waals surface area contributed by atoms with E-state index < -0.39 is 5.60 Å². The van der Waals surface area contributed by atoms with Gasteiger partial charge in [-0.15, -0.1) is 0 Å². The number of hydrogen-bond acceptors (Lipinski definition) is 5. The van der Waals surface area contributed by atoms with Crippen molar-refractivity contribution in [3.63, 3.8) is 0 Å². The van der Waals surface area contributed by atoms with E-state index in [1.807, 2.05) is 32.9 Å². The Balaban J connectivity index is 1.97. The summed E-state index contributed by atoms with van der Waals surface area (Å²) in [5.74, 6) is -0.349. The molecular formula is C15H26O5. The molecule has 0 aliphatic carbocycles. The highest BCUT2D eigenvalue weighted by Gasteiger charge is 2.15. The van der Waals surface area contributed by atoms with E-state index >= 15 is 0 Å². The molecule has 5 heteroatoms. The highest BCUT2D eigenvalue weighted by molar-refractivity contribution is 5.71. The summed E-state index contributed by atoms with van der Waals surface area (Å²) >= 11 is 0. The van der Waals surface area contributed by atoms with Gasteiger partial charge in [0.05, 0.1) is 13.2 Å². The molecule has 1 rings (SSSR count). The zero-order valence-corrected chi connectivity index (χ0v) is 12.7. The molecule has 1 aliphatic heterocycles. The van der Waals surface area contributed by atoms with Gasteiger partial charge in [-0.2, -0.15) is 0 Å². The van der Waals surface area contributed by atoms with Gasteiger partial charge >= 0.3 is 5.97 Å². The summed E-state index contributed by atoms with van der Waals surface area (Å²) in [5, 5.41) is 0. The molecule has 0 amide bonds. The Morgan fingerprint density at radius 2 is 2.00 bits per heavy atom. The molecule has 0 N–H and O–H groups in total. The number of hydrogen-bond donors (Lipinski definition) is 0. The van der Waals surface area contributed by atoms with Gasteiger partial charge < -0.3 is 18.9 Å². The molecule has 116 valence electrons. The Labute approximate surface area is 121 Å². The van der Waals surface area contributed by atoms with Crippen molar-refractivity contribution in [2.75, 3.05) is 26.4 Å². The van der Waals surface area contributed by atoms with E-state index in [4.69, 9.17) is 18.9 Å². The van der Waals surface area contributed by atoms with Crippen molar-refractivity contribution in [3.05, 3.63) is 12.2 Å². The van der Waals surface area contributed by atoms with Crippen LogP contribution in [0.4, 0.5) is 0 Å². The molecule has 1 aliphatic rings. The normalized spacial score (nSPS) is 20.2. The molecule has 0 bridgehead atoms. The zero-order chi connectivity index (χ0) is 14.8. The maximum absolute atomic E-state index is 11.3. The van der Waals surface area contributed by atoms with Gasteiger partial charge in [0.2, 0.25) is 0 Å². The molecule has 0 radical (unpaired) electrons. The van der Waals surface area contributed by atoms with Crippen molar-refractivity contribution in [2.45, 2.75) is 51.9 Å². The smallest absolute Gasteiger partial charge is 0.332 e. The Morgan fingerprint density at radius 3 is 2.65 bits per heavy atom. The van der Waals surface area contributed by atoms with E-state index in [-0.39, 0.29) is 18.9 Å². The highest BCUT2D eigenvalue weighted by Crippen LogP contribution is 2.13. The van der Waals surface area contributed by atoms with Gasteiger partial charge in [0.15, 0.2) is 6.29 Å². The predicted molar refractivity (Wildman–Crippen MR) is 75.3 cm³/mol. The average molecular weight is 286 g/mol. The Kier molecular flexibility index (Phi) is 7.80. The third kappa shape index (κ3) is 9.07. The monoisotopic (exact) mass is 286 g/mol. The number of carbonyl (C=O) groups excluding carboxylic acids is 1. The molecular weight excluding hydrogens is 260 g/mol. The summed E-state index contributed by atoms with van der Waals surface area (Å²) in [6, 6.07) is 0. The third-order valence-electron chi connectivity index (χ3n) is 2.54. The molecule has 0 aromatic carbocycles. The van der Waals surface area contributed by atoms with Gasteiger partial charge in [0, 0.05) is 6.61 Å². The van der Waals surface area contributed by atoms with Crippen molar-refractivity contribution < 1.29 is 23.7 Å². The van der Waals surface area contributed by atoms with Crippen LogP contribution in [0.5, 0.6) is 0 Å². The van der Waals surface area contributed by atoms with Gasteiger partial charge in [0.25, 0.3) is 0 Å². The van der Waals surface area contributed by atoms with Crippen molar-refractivity contribution in [3.8, 4) is 0 Å². The van der Waals surface area contributed by atoms with Gasteiger partial charge in [-0.25, -0.2) is 4.79 Å². The Bertz CT molecular complexity index is 300. The molecule has 1 atom stereocenters. The first kappa shape index (κ1) is 17.1. The molecule has 1 heterocycles. The molecule has 0 saturated carbocycles. The molecule has 0 aromatic heterocycles. The summed E-state index contributed by atoms with van der Waals surface area (Å²) < 4.78 is 21.3. The van der Waals surface area contributed by atoms with Crippen LogP contribution in [0.15, 0.2) is 12.2 Å². The van der Waals surface area contributed by atoms with E-state index in [9.17, 15) is 4.79 Å². The third-order valence-corrected chi connectivity index (χ3v) is 2.54. The summed E-state index contributed by atoms with van der Waals surface area (Å²) in [4.78, 5) is 11.3. The van der Waals surface area contributed by atoms with E-state index in [1.54, 1.807) is 0 Å². The van der Waals surface area contributed by atoms with Gasteiger partial charge in [-0.3, -0.25) is 0 Å². The standard InChI is InChI=1S/C15H26O5/c1-15(2,3)20-13(16)12-17-9-6-7-11-19-14-8-4-5-10-18-14/h6-7,14H,4-5,8-12H2,1-3H3/b7-6+. The number of esters is 1. The maximum atomic E-state index is 11.3. The van der Waals surface area contributed by atoms with Crippen LogP contribution in [0.1, 0.15) is 40.0 Å². The van der Waals surface area contributed by atoms with Crippen LogP contribution < -0.4 is 0 Å². The van der Waals surface area contributed by atoms with E-state index in [0.29, 0.717) is 13.2 Å². The summed E-state index contributed by atoms with van der Waals surface area (Å²) in [5.41, 5.74) is -0.468. The summed E-state index contributed by atoms with van der Waals surface area (Å²) in [6.45, 7) is 7.11. The van der Waals surface area contributed by atoms with Crippen LogP contribution in [-0.2, 0) is 23.7 Å². The largest absolute Gasteiger partial charge is 0.458 e. The lowest BCUT2D eigenvalue weighted by Crippen LogP contribution is -2.26. The zero-order valence-electron chi connectivity index (χ0n) is 12.7. The SMILES string of the molecule is CC(C)(C)OC(=O)COC/C=C/COC1CCCCO1. The molecule has 0 spiro atoms. The lowest BCUT2D eigenvalue weighted by atomic mass is 10.2. The van der Waals surface area contributed by atoms with Crippen LogP contribution in [-0.4, -0.2) is 44.3 Å². The highest BCUT2D eigenvalue weighted by atomic mass is 16.7. The van der Waals surface area contributed by atoms with Gasteiger partial charge in [-0.05, 0) is 40.0 Å². The summed E-state index contributed by atoms with van der Waals surface area (Å²) in [6.07, 6.45) is 6.86. The molecule has 1 fully saturated rings. The van der Waals surface area contributed by atoms with Crippen LogP contribution in [0, 0.1) is 0 Å².